The number of hydrogen-bond acceptors (Lipinski definition) is 2. The first-order chi connectivity index (χ1) is 9.07. The summed E-state index contributed by atoms with van der Waals surface area (Å²) in [5, 5.41) is 6.21. The van der Waals surface area contributed by atoms with Gasteiger partial charge in [-0.2, -0.15) is 0 Å². The summed E-state index contributed by atoms with van der Waals surface area (Å²) in [5.74, 6) is 0. The third-order valence-corrected chi connectivity index (χ3v) is 4.81. The van der Waals surface area contributed by atoms with Crippen LogP contribution in [0.3, 0.4) is 0 Å². The van der Waals surface area contributed by atoms with E-state index in [2.05, 4.69) is 29.5 Å². The molecular weight excluding hydrogens is 238 g/mol. The molecule has 0 unspecified atom stereocenters. The van der Waals surface area contributed by atoms with Crippen molar-refractivity contribution < 1.29 is 4.79 Å². The highest BCUT2D eigenvalue weighted by Crippen LogP contribution is 2.29. The first-order valence-corrected chi connectivity index (χ1v) is 7.80. The summed E-state index contributed by atoms with van der Waals surface area (Å²) in [5.41, 5.74) is 0.274. The first kappa shape index (κ1) is 14.6. The lowest BCUT2D eigenvalue weighted by Crippen LogP contribution is -2.48. The Morgan fingerprint density at radius 2 is 1.84 bits per heavy atom. The summed E-state index contributed by atoms with van der Waals surface area (Å²) in [6, 6.07) is 0.436. The molecule has 0 spiro atoms. The predicted molar refractivity (Wildman–Crippen MR) is 78.2 cm³/mol. The quantitative estimate of drug-likeness (QED) is 0.824. The minimum absolute atomic E-state index is 0.0343. The van der Waals surface area contributed by atoms with Crippen LogP contribution in [-0.2, 0) is 0 Å². The molecule has 0 bridgehead atoms. The van der Waals surface area contributed by atoms with Crippen molar-refractivity contribution in [2.45, 2.75) is 57.9 Å². The molecule has 2 N–H and O–H groups in total. The second kappa shape index (κ2) is 6.60. The Morgan fingerprint density at radius 1 is 1.21 bits per heavy atom. The largest absolute Gasteiger partial charge is 0.338 e. The van der Waals surface area contributed by atoms with Gasteiger partial charge in [-0.05, 0) is 51.2 Å². The lowest BCUT2D eigenvalue weighted by molar-refractivity contribution is 0.137. The first-order valence-electron chi connectivity index (χ1n) is 7.80. The van der Waals surface area contributed by atoms with Crippen LogP contribution in [0.4, 0.5) is 4.79 Å². The van der Waals surface area contributed by atoms with E-state index in [9.17, 15) is 4.79 Å². The van der Waals surface area contributed by atoms with Crippen LogP contribution in [0.2, 0.25) is 0 Å². The van der Waals surface area contributed by atoms with Crippen LogP contribution in [0.5, 0.6) is 0 Å². The molecule has 1 aliphatic heterocycles. The van der Waals surface area contributed by atoms with E-state index in [1.54, 1.807) is 0 Å². The molecule has 0 aromatic heterocycles. The van der Waals surface area contributed by atoms with Crippen LogP contribution in [0.25, 0.3) is 0 Å². The maximum absolute atomic E-state index is 11.9. The lowest BCUT2D eigenvalue weighted by atomic mass is 9.80. The fourth-order valence-electron chi connectivity index (χ4n) is 3.11. The Hall–Kier alpha value is -0.770. The fraction of sp³-hybridized carbons (Fsp3) is 0.933. The summed E-state index contributed by atoms with van der Waals surface area (Å²) in [4.78, 5) is 14.3. The number of amides is 2. The SMILES string of the molecule is CN1CCC(C)(CNC(=O)NC2CCCCC2)CC1. The third kappa shape index (κ3) is 4.68. The number of nitrogens with zero attached hydrogens (tertiary/aromatic N) is 1. The Bertz CT molecular complexity index is 292. The van der Waals surface area contributed by atoms with E-state index in [4.69, 9.17) is 0 Å². The topological polar surface area (TPSA) is 44.4 Å². The molecule has 2 aliphatic rings. The number of carbonyl (C=O) groups is 1. The molecular formula is C15H29N3O. The van der Waals surface area contributed by atoms with E-state index in [1.165, 1.54) is 32.1 Å². The van der Waals surface area contributed by atoms with Gasteiger partial charge >= 0.3 is 6.03 Å². The van der Waals surface area contributed by atoms with Gasteiger partial charge in [0.05, 0.1) is 0 Å². The minimum atomic E-state index is 0.0343. The average molecular weight is 267 g/mol. The highest BCUT2D eigenvalue weighted by Gasteiger charge is 2.29. The van der Waals surface area contributed by atoms with E-state index >= 15 is 0 Å². The van der Waals surface area contributed by atoms with Gasteiger partial charge in [-0.3, -0.25) is 0 Å². The predicted octanol–water partition coefficient (Wildman–Crippen LogP) is 2.35. The zero-order valence-corrected chi connectivity index (χ0v) is 12.5. The summed E-state index contributed by atoms with van der Waals surface area (Å²) in [7, 11) is 2.17. The summed E-state index contributed by atoms with van der Waals surface area (Å²) >= 11 is 0. The number of nitrogens with one attached hydrogen (secondary N) is 2. The van der Waals surface area contributed by atoms with Gasteiger partial charge < -0.3 is 15.5 Å². The molecule has 4 heteroatoms. The summed E-state index contributed by atoms with van der Waals surface area (Å²) < 4.78 is 0. The van der Waals surface area contributed by atoms with Gasteiger partial charge in [0.2, 0.25) is 0 Å². The van der Waals surface area contributed by atoms with Gasteiger partial charge in [0.25, 0.3) is 0 Å². The Kier molecular flexibility index (Phi) is 5.08. The number of likely N-dealkylation sites (tertiary alicyclic amines) is 1. The highest BCUT2D eigenvalue weighted by atomic mass is 16.2. The number of piperidine rings is 1. The maximum atomic E-state index is 11.9. The highest BCUT2D eigenvalue weighted by molar-refractivity contribution is 5.74. The van der Waals surface area contributed by atoms with E-state index in [0.717, 1.165) is 32.5 Å². The van der Waals surface area contributed by atoms with Gasteiger partial charge in [-0.1, -0.05) is 26.2 Å². The molecule has 19 heavy (non-hydrogen) atoms. The number of hydrogen-bond donors (Lipinski definition) is 2. The van der Waals surface area contributed by atoms with Crippen LogP contribution in [0.1, 0.15) is 51.9 Å². The number of urea groups is 1. The molecule has 0 aromatic rings. The van der Waals surface area contributed by atoms with Gasteiger partial charge in [-0.25, -0.2) is 4.79 Å². The Balaban J connectivity index is 1.67. The van der Waals surface area contributed by atoms with E-state index < -0.39 is 0 Å². The molecule has 2 fully saturated rings. The lowest BCUT2D eigenvalue weighted by Gasteiger charge is -2.38. The van der Waals surface area contributed by atoms with Crippen LogP contribution >= 0.6 is 0 Å². The minimum Gasteiger partial charge on any atom is -0.338 e. The van der Waals surface area contributed by atoms with Crippen LogP contribution in [0, 0.1) is 5.41 Å². The van der Waals surface area contributed by atoms with Gasteiger partial charge in [0, 0.05) is 12.6 Å². The molecule has 1 saturated carbocycles. The molecule has 2 rings (SSSR count). The fourth-order valence-corrected chi connectivity index (χ4v) is 3.11. The third-order valence-electron chi connectivity index (χ3n) is 4.81. The molecule has 0 radical (unpaired) electrons. The molecule has 2 amide bonds. The van der Waals surface area contributed by atoms with E-state index in [0.29, 0.717) is 6.04 Å². The normalized spacial score (nSPS) is 24.9. The van der Waals surface area contributed by atoms with Crippen molar-refractivity contribution in [3.63, 3.8) is 0 Å². The molecule has 1 saturated heterocycles. The van der Waals surface area contributed by atoms with Crippen molar-refractivity contribution >= 4 is 6.03 Å². The van der Waals surface area contributed by atoms with E-state index in [1.807, 2.05) is 0 Å². The molecule has 0 aromatic carbocycles. The molecule has 0 atom stereocenters. The number of carbonyl (C=O) groups excluding carboxylic acids is 1. The van der Waals surface area contributed by atoms with E-state index in [-0.39, 0.29) is 11.4 Å². The zero-order chi connectivity index (χ0) is 13.7. The number of rotatable bonds is 3. The van der Waals surface area contributed by atoms with Crippen molar-refractivity contribution in [1.29, 1.82) is 0 Å². The van der Waals surface area contributed by atoms with Gasteiger partial charge in [0.1, 0.15) is 0 Å². The Morgan fingerprint density at radius 3 is 2.47 bits per heavy atom. The monoisotopic (exact) mass is 267 g/mol. The summed E-state index contributed by atoms with van der Waals surface area (Å²) in [6.07, 6.45) is 8.49. The maximum Gasteiger partial charge on any atom is 0.315 e. The second-order valence-electron chi connectivity index (χ2n) is 6.78. The molecule has 110 valence electrons. The van der Waals surface area contributed by atoms with Crippen LogP contribution in [-0.4, -0.2) is 43.7 Å². The van der Waals surface area contributed by atoms with Crippen LogP contribution in [0.15, 0.2) is 0 Å². The van der Waals surface area contributed by atoms with Crippen molar-refractivity contribution in [2.24, 2.45) is 5.41 Å². The van der Waals surface area contributed by atoms with Crippen molar-refractivity contribution in [3.05, 3.63) is 0 Å². The average Bonchev–Trinajstić information content (AvgIpc) is 2.42. The van der Waals surface area contributed by atoms with Gasteiger partial charge in [-0.15, -0.1) is 0 Å². The van der Waals surface area contributed by atoms with Crippen molar-refractivity contribution in [1.82, 2.24) is 15.5 Å². The molecule has 1 heterocycles. The van der Waals surface area contributed by atoms with Crippen LogP contribution < -0.4 is 10.6 Å². The zero-order valence-electron chi connectivity index (χ0n) is 12.5. The van der Waals surface area contributed by atoms with Gasteiger partial charge in [0.15, 0.2) is 0 Å². The molecule has 4 nitrogen and oxygen atoms in total. The smallest absolute Gasteiger partial charge is 0.315 e. The standard InChI is InChI=1S/C15H29N3O/c1-15(8-10-18(2)11-9-15)12-16-14(19)17-13-6-4-3-5-7-13/h13H,3-12H2,1-2H3,(H2,16,17,19). The summed E-state index contributed by atoms with van der Waals surface area (Å²) in [6.45, 7) is 5.38. The van der Waals surface area contributed by atoms with Crippen molar-refractivity contribution in [2.75, 3.05) is 26.7 Å². The Labute approximate surface area is 117 Å². The second-order valence-corrected chi connectivity index (χ2v) is 6.78. The molecule has 1 aliphatic carbocycles. The van der Waals surface area contributed by atoms with Crippen molar-refractivity contribution in [3.8, 4) is 0 Å².